The summed E-state index contributed by atoms with van der Waals surface area (Å²) in [7, 11) is 0. The van der Waals surface area contributed by atoms with Gasteiger partial charge < -0.3 is 10.1 Å². The predicted octanol–water partition coefficient (Wildman–Crippen LogP) is 2.04. The molecule has 102 valence electrons. The molecule has 0 aliphatic heterocycles. The second-order valence-electron chi connectivity index (χ2n) is 3.98. The lowest BCUT2D eigenvalue weighted by molar-refractivity contribution is 0.167. The zero-order chi connectivity index (χ0) is 13.8. The third-order valence-corrected chi connectivity index (χ3v) is 2.54. The van der Waals surface area contributed by atoms with Gasteiger partial charge in [0.1, 0.15) is 0 Å². The number of nitrogens with one attached hydrogen (secondary N) is 2. The largest absolute Gasteiger partial charge is 0.450 e. The fourth-order valence-electron chi connectivity index (χ4n) is 1.71. The van der Waals surface area contributed by atoms with E-state index >= 15 is 0 Å². The van der Waals surface area contributed by atoms with E-state index in [1.54, 1.807) is 11.4 Å². The quantitative estimate of drug-likeness (QED) is 0.882. The smallest absolute Gasteiger partial charge is 0.414 e. The fourth-order valence-corrected chi connectivity index (χ4v) is 1.71. The summed E-state index contributed by atoms with van der Waals surface area (Å²) in [5.74, 6) is 0.228. The normalized spacial score (nSPS) is 10.5. The minimum atomic E-state index is -0.554. The van der Waals surface area contributed by atoms with Crippen LogP contribution in [0.5, 0.6) is 0 Å². The van der Waals surface area contributed by atoms with Crippen molar-refractivity contribution in [2.75, 3.05) is 23.8 Å². The van der Waals surface area contributed by atoms with Crippen molar-refractivity contribution in [2.24, 2.45) is 0 Å². The van der Waals surface area contributed by atoms with E-state index in [1.807, 2.05) is 26.1 Å². The van der Waals surface area contributed by atoms with Crippen molar-refractivity contribution >= 4 is 23.4 Å². The maximum atomic E-state index is 11.3. The van der Waals surface area contributed by atoms with E-state index in [4.69, 9.17) is 4.74 Å². The van der Waals surface area contributed by atoms with Crippen molar-refractivity contribution in [1.82, 2.24) is 14.6 Å². The van der Waals surface area contributed by atoms with E-state index in [0.29, 0.717) is 12.3 Å². The van der Waals surface area contributed by atoms with Crippen LogP contribution in [-0.4, -0.2) is 33.8 Å². The average molecular weight is 263 g/mol. The molecule has 2 rings (SSSR count). The number of fused-ring (bicyclic) bond motifs is 1. The summed E-state index contributed by atoms with van der Waals surface area (Å²) in [6.07, 6.45) is 1.29. The van der Waals surface area contributed by atoms with E-state index in [9.17, 15) is 4.79 Å². The van der Waals surface area contributed by atoms with Gasteiger partial charge in [0.05, 0.1) is 18.5 Å². The fraction of sp³-hybridized carbons (Fsp3) is 0.417. The monoisotopic (exact) mass is 263 g/mol. The molecule has 0 radical (unpaired) electrons. The van der Waals surface area contributed by atoms with E-state index in [2.05, 4.69) is 20.7 Å². The number of hydrogen-bond donors (Lipinski definition) is 2. The molecule has 0 fully saturated rings. The Kier molecular flexibility index (Phi) is 3.84. The van der Waals surface area contributed by atoms with Crippen LogP contribution in [0.25, 0.3) is 5.65 Å². The zero-order valence-electron chi connectivity index (χ0n) is 11.2. The number of pyridine rings is 1. The highest BCUT2D eigenvalue weighted by molar-refractivity contribution is 5.82. The van der Waals surface area contributed by atoms with Gasteiger partial charge in [-0.05, 0) is 32.4 Å². The van der Waals surface area contributed by atoms with Crippen LogP contribution in [0.3, 0.4) is 0 Å². The van der Waals surface area contributed by atoms with Gasteiger partial charge in [-0.15, -0.1) is 5.10 Å². The van der Waals surface area contributed by atoms with Crippen LogP contribution >= 0.6 is 0 Å². The lowest BCUT2D eigenvalue weighted by Gasteiger charge is -2.06. The second-order valence-corrected chi connectivity index (χ2v) is 3.98. The molecule has 0 bridgehead atoms. The molecule has 2 N–H and O–H groups in total. The molecule has 0 saturated carbocycles. The first-order chi connectivity index (χ1) is 9.13. The third-order valence-electron chi connectivity index (χ3n) is 2.54. The molecule has 2 aromatic heterocycles. The molecule has 0 aliphatic carbocycles. The lowest BCUT2D eigenvalue weighted by Crippen LogP contribution is -2.14. The molecule has 7 nitrogen and oxygen atoms in total. The standard InChI is InChI=1S/C12H17N5O2/c1-4-13-9-7-17-10(6-8(9)3)14-11(16-17)15-12(18)19-5-2/h6-7,13H,4-5H2,1-3H3,(H,15,16,18). The first kappa shape index (κ1) is 13.1. The summed E-state index contributed by atoms with van der Waals surface area (Å²) < 4.78 is 6.39. The van der Waals surface area contributed by atoms with Gasteiger partial charge in [0, 0.05) is 6.54 Å². The molecule has 0 spiro atoms. The SMILES string of the molecule is CCNc1cn2nc(NC(=O)OCC)nc2cc1C. The Bertz CT molecular complexity index is 593. The highest BCUT2D eigenvalue weighted by Crippen LogP contribution is 2.17. The van der Waals surface area contributed by atoms with Crippen LogP contribution < -0.4 is 10.6 Å². The van der Waals surface area contributed by atoms with Crippen LogP contribution in [-0.2, 0) is 4.74 Å². The van der Waals surface area contributed by atoms with Gasteiger partial charge in [0.15, 0.2) is 5.65 Å². The first-order valence-electron chi connectivity index (χ1n) is 6.18. The molecule has 1 amide bonds. The summed E-state index contributed by atoms with van der Waals surface area (Å²) in [6, 6.07) is 1.90. The van der Waals surface area contributed by atoms with Crippen LogP contribution in [0, 0.1) is 6.92 Å². The molecule has 0 unspecified atom stereocenters. The summed E-state index contributed by atoms with van der Waals surface area (Å²) in [4.78, 5) is 15.5. The van der Waals surface area contributed by atoms with E-state index < -0.39 is 6.09 Å². The molecular formula is C12H17N5O2. The van der Waals surface area contributed by atoms with Gasteiger partial charge in [-0.3, -0.25) is 5.32 Å². The van der Waals surface area contributed by atoms with E-state index in [1.165, 1.54) is 0 Å². The van der Waals surface area contributed by atoms with Crippen LogP contribution in [0.15, 0.2) is 12.3 Å². The van der Waals surface area contributed by atoms with Crippen LogP contribution in [0.1, 0.15) is 19.4 Å². The number of nitrogens with zero attached hydrogens (tertiary/aromatic N) is 3. The van der Waals surface area contributed by atoms with Crippen molar-refractivity contribution in [3.8, 4) is 0 Å². The number of aryl methyl sites for hydroxylation is 1. The van der Waals surface area contributed by atoms with Gasteiger partial charge in [-0.2, -0.15) is 4.98 Å². The Labute approximate surface area is 111 Å². The third kappa shape index (κ3) is 2.93. The maximum Gasteiger partial charge on any atom is 0.414 e. The minimum absolute atomic E-state index is 0.228. The predicted molar refractivity (Wildman–Crippen MR) is 72.5 cm³/mol. The Morgan fingerprint density at radius 2 is 2.26 bits per heavy atom. The molecule has 0 saturated heterocycles. The van der Waals surface area contributed by atoms with Gasteiger partial charge in [0.25, 0.3) is 5.95 Å². The number of hydrogen-bond acceptors (Lipinski definition) is 5. The highest BCUT2D eigenvalue weighted by Gasteiger charge is 2.09. The van der Waals surface area contributed by atoms with Gasteiger partial charge in [0.2, 0.25) is 0 Å². The molecule has 0 aliphatic rings. The van der Waals surface area contributed by atoms with Crippen molar-refractivity contribution < 1.29 is 9.53 Å². The Balaban J connectivity index is 2.27. The number of amides is 1. The Morgan fingerprint density at radius 3 is 2.95 bits per heavy atom. The Morgan fingerprint density at radius 1 is 1.47 bits per heavy atom. The first-order valence-corrected chi connectivity index (χ1v) is 6.18. The summed E-state index contributed by atoms with van der Waals surface area (Å²) in [5.41, 5.74) is 2.73. The number of carbonyl (C=O) groups is 1. The molecule has 7 heteroatoms. The maximum absolute atomic E-state index is 11.3. The number of rotatable bonds is 4. The topological polar surface area (TPSA) is 80.5 Å². The van der Waals surface area contributed by atoms with Crippen molar-refractivity contribution in [3.05, 3.63) is 17.8 Å². The van der Waals surface area contributed by atoms with Gasteiger partial charge in [-0.1, -0.05) is 0 Å². The van der Waals surface area contributed by atoms with Crippen molar-refractivity contribution in [1.29, 1.82) is 0 Å². The van der Waals surface area contributed by atoms with Gasteiger partial charge in [-0.25, -0.2) is 9.31 Å². The number of anilines is 2. The van der Waals surface area contributed by atoms with Crippen LogP contribution in [0.2, 0.25) is 0 Å². The number of aromatic nitrogens is 3. The summed E-state index contributed by atoms with van der Waals surface area (Å²) in [6.45, 7) is 6.89. The van der Waals surface area contributed by atoms with E-state index in [-0.39, 0.29) is 5.95 Å². The Hall–Kier alpha value is -2.31. The molecule has 0 atom stereocenters. The molecule has 19 heavy (non-hydrogen) atoms. The molecule has 2 heterocycles. The number of ether oxygens (including phenoxy) is 1. The van der Waals surface area contributed by atoms with E-state index in [0.717, 1.165) is 17.8 Å². The second kappa shape index (κ2) is 5.55. The molecule has 0 aromatic carbocycles. The lowest BCUT2D eigenvalue weighted by atomic mass is 10.2. The van der Waals surface area contributed by atoms with Crippen LogP contribution in [0.4, 0.5) is 16.4 Å². The zero-order valence-corrected chi connectivity index (χ0v) is 11.2. The number of carbonyl (C=O) groups excluding carboxylic acids is 1. The average Bonchev–Trinajstić information content (AvgIpc) is 2.71. The summed E-state index contributed by atoms with van der Waals surface area (Å²) >= 11 is 0. The van der Waals surface area contributed by atoms with Crippen molar-refractivity contribution in [2.45, 2.75) is 20.8 Å². The molecule has 2 aromatic rings. The van der Waals surface area contributed by atoms with Crippen molar-refractivity contribution in [3.63, 3.8) is 0 Å². The minimum Gasteiger partial charge on any atom is -0.450 e. The molecular weight excluding hydrogens is 246 g/mol. The summed E-state index contributed by atoms with van der Waals surface area (Å²) in [5, 5.41) is 9.89. The van der Waals surface area contributed by atoms with Gasteiger partial charge >= 0.3 is 6.09 Å². The highest BCUT2D eigenvalue weighted by atomic mass is 16.5.